The third-order valence-electron chi connectivity index (χ3n) is 3.88. The minimum atomic E-state index is -0.522. The monoisotopic (exact) mass is 369 g/mol. The number of nitrogens with one attached hydrogen (secondary N) is 2. The molecule has 1 atom stereocenters. The van der Waals surface area contributed by atoms with Gasteiger partial charge in [-0.25, -0.2) is 0 Å². The number of methoxy groups -OCH3 is 1. The highest BCUT2D eigenvalue weighted by molar-refractivity contribution is 6.30. The van der Waals surface area contributed by atoms with Crippen LogP contribution in [0, 0.1) is 0 Å². The first-order valence-electron chi connectivity index (χ1n) is 7.81. The number of carbonyl (C=O) groups is 1. The second kappa shape index (κ2) is 7.84. The van der Waals surface area contributed by atoms with Gasteiger partial charge in [-0.2, -0.15) is 0 Å². The number of hydrogen-bond donors (Lipinski definition) is 2. The number of amides is 1. The summed E-state index contributed by atoms with van der Waals surface area (Å²) in [5.74, 6) is 0.186. The SMILES string of the molecule is COc1ccc([C@H](NC(=O)c2cc(Cl)c[nH]c2=O)c2ccncc2)cc1. The number of rotatable bonds is 5. The van der Waals surface area contributed by atoms with Crippen molar-refractivity contribution in [3.05, 3.63) is 93.1 Å². The maximum absolute atomic E-state index is 12.7. The number of nitrogens with zero attached hydrogens (tertiary/aromatic N) is 1. The van der Waals surface area contributed by atoms with Crippen molar-refractivity contribution in [3.63, 3.8) is 0 Å². The average molecular weight is 370 g/mol. The lowest BCUT2D eigenvalue weighted by Crippen LogP contribution is -2.33. The smallest absolute Gasteiger partial charge is 0.260 e. The number of benzene rings is 1. The van der Waals surface area contributed by atoms with E-state index in [2.05, 4.69) is 15.3 Å². The Kier molecular flexibility index (Phi) is 5.34. The number of carbonyl (C=O) groups excluding carboxylic acids is 1. The van der Waals surface area contributed by atoms with Crippen LogP contribution in [0.3, 0.4) is 0 Å². The van der Waals surface area contributed by atoms with E-state index < -0.39 is 17.5 Å². The van der Waals surface area contributed by atoms with Gasteiger partial charge in [-0.3, -0.25) is 14.6 Å². The van der Waals surface area contributed by atoms with Gasteiger partial charge < -0.3 is 15.0 Å². The van der Waals surface area contributed by atoms with Gasteiger partial charge in [-0.05, 0) is 41.5 Å². The Morgan fingerprint density at radius 3 is 2.46 bits per heavy atom. The van der Waals surface area contributed by atoms with E-state index in [0.717, 1.165) is 11.1 Å². The lowest BCUT2D eigenvalue weighted by Gasteiger charge is -2.20. The van der Waals surface area contributed by atoms with Gasteiger partial charge in [0.05, 0.1) is 18.2 Å². The molecule has 0 aliphatic carbocycles. The summed E-state index contributed by atoms with van der Waals surface area (Å²) in [5, 5.41) is 3.16. The van der Waals surface area contributed by atoms with Crippen molar-refractivity contribution in [2.75, 3.05) is 7.11 Å². The molecular weight excluding hydrogens is 354 g/mol. The van der Waals surface area contributed by atoms with Gasteiger partial charge in [0, 0.05) is 18.6 Å². The van der Waals surface area contributed by atoms with Gasteiger partial charge in [-0.1, -0.05) is 23.7 Å². The lowest BCUT2D eigenvalue weighted by atomic mass is 9.99. The lowest BCUT2D eigenvalue weighted by molar-refractivity contribution is 0.0941. The van der Waals surface area contributed by atoms with Crippen LogP contribution in [0.1, 0.15) is 27.5 Å². The Labute approximate surface area is 154 Å². The molecule has 2 aromatic heterocycles. The van der Waals surface area contributed by atoms with Crippen LogP contribution in [0.25, 0.3) is 0 Å². The predicted octanol–water partition coefficient (Wildman–Crippen LogP) is 2.95. The van der Waals surface area contributed by atoms with Crippen LogP contribution in [-0.4, -0.2) is 23.0 Å². The number of ether oxygens (including phenoxy) is 1. The molecule has 3 aromatic rings. The molecular formula is C19H16ClN3O3. The standard InChI is InChI=1S/C19H16ClN3O3/c1-26-15-4-2-12(3-5-15)17(13-6-8-21-9-7-13)23-19(25)16-10-14(20)11-22-18(16)24/h2-11,17H,1H3,(H,22,24)(H,23,25)/t17-/m0/s1. The molecule has 0 saturated carbocycles. The molecule has 0 radical (unpaired) electrons. The topological polar surface area (TPSA) is 84.1 Å². The summed E-state index contributed by atoms with van der Waals surface area (Å²) < 4.78 is 5.18. The van der Waals surface area contributed by atoms with Crippen molar-refractivity contribution in [1.29, 1.82) is 0 Å². The van der Waals surface area contributed by atoms with E-state index in [1.165, 1.54) is 12.3 Å². The molecule has 2 N–H and O–H groups in total. The molecule has 7 heteroatoms. The molecule has 2 heterocycles. The van der Waals surface area contributed by atoms with Gasteiger partial charge in [0.1, 0.15) is 11.3 Å². The minimum absolute atomic E-state index is 0.0509. The van der Waals surface area contributed by atoms with Crippen molar-refractivity contribution in [3.8, 4) is 5.75 Å². The largest absolute Gasteiger partial charge is 0.497 e. The van der Waals surface area contributed by atoms with E-state index in [9.17, 15) is 9.59 Å². The zero-order valence-electron chi connectivity index (χ0n) is 13.9. The third kappa shape index (κ3) is 3.92. The van der Waals surface area contributed by atoms with Crippen LogP contribution < -0.4 is 15.6 Å². The summed E-state index contributed by atoms with van der Waals surface area (Å²) in [6, 6.07) is 11.8. The van der Waals surface area contributed by atoms with E-state index in [0.29, 0.717) is 5.75 Å². The second-order valence-electron chi connectivity index (χ2n) is 5.52. The van der Waals surface area contributed by atoms with Crippen molar-refractivity contribution < 1.29 is 9.53 Å². The fourth-order valence-electron chi connectivity index (χ4n) is 2.55. The van der Waals surface area contributed by atoms with Crippen molar-refractivity contribution in [2.24, 2.45) is 0 Å². The van der Waals surface area contributed by atoms with Crippen LogP contribution >= 0.6 is 11.6 Å². The van der Waals surface area contributed by atoms with Gasteiger partial charge >= 0.3 is 0 Å². The number of halogens is 1. The molecule has 0 bridgehead atoms. The highest BCUT2D eigenvalue weighted by atomic mass is 35.5. The van der Waals surface area contributed by atoms with Crippen molar-refractivity contribution in [2.45, 2.75) is 6.04 Å². The maximum Gasteiger partial charge on any atom is 0.260 e. The number of hydrogen-bond acceptors (Lipinski definition) is 4. The molecule has 26 heavy (non-hydrogen) atoms. The predicted molar refractivity (Wildman–Crippen MR) is 98.6 cm³/mol. The first-order chi connectivity index (χ1) is 12.6. The highest BCUT2D eigenvalue weighted by Crippen LogP contribution is 2.24. The Balaban J connectivity index is 1.97. The molecule has 0 saturated heterocycles. The molecule has 0 aliphatic rings. The molecule has 132 valence electrons. The third-order valence-corrected chi connectivity index (χ3v) is 4.09. The van der Waals surface area contributed by atoms with Crippen LogP contribution in [0.15, 0.2) is 65.8 Å². The first kappa shape index (κ1) is 17.7. The van der Waals surface area contributed by atoms with Crippen LogP contribution in [-0.2, 0) is 0 Å². The summed E-state index contributed by atoms with van der Waals surface area (Å²) in [5.41, 5.74) is 1.11. The molecule has 0 fully saturated rings. The van der Waals surface area contributed by atoms with Gasteiger partial charge in [0.2, 0.25) is 0 Å². The molecule has 6 nitrogen and oxygen atoms in total. The quantitative estimate of drug-likeness (QED) is 0.724. The molecule has 1 aromatic carbocycles. The van der Waals surface area contributed by atoms with E-state index in [1.807, 2.05) is 24.3 Å². The van der Waals surface area contributed by atoms with E-state index in [4.69, 9.17) is 16.3 Å². The zero-order chi connectivity index (χ0) is 18.5. The molecule has 0 spiro atoms. The summed E-state index contributed by atoms with van der Waals surface area (Å²) in [6.07, 6.45) is 4.62. The number of aromatic nitrogens is 2. The van der Waals surface area contributed by atoms with Crippen LogP contribution in [0.5, 0.6) is 5.75 Å². The van der Waals surface area contributed by atoms with Crippen molar-refractivity contribution in [1.82, 2.24) is 15.3 Å². The molecule has 1 amide bonds. The number of H-pyrrole nitrogens is 1. The van der Waals surface area contributed by atoms with Crippen molar-refractivity contribution >= 4 is 17.5 Å². The van der Waals surface area contributed by atoms with Crippen LogP contribution in [0.4, 0.5) is 0 Å². The molecule has 0 unspecified atom stereocenters. The van der Waals surface area contributed by atoms with Gasteiger partial charge in [0.25, 0.3) is 11.5 Å². The summed E-state index contributed by atoms with van der Waals surface area (Å²) in [7, 11) is 1.59. The van der Waals surface area contributed by atoms with E-state index in [1.54, 1.807) is 31.6 Å². The van der Waals surface area contributed by atoms with E-state index in [-0.39, 0.29) is 10.6 Å². The summed E-state index contributed by atoms with van der Waals surface area (Å²) >= 11 is 5.89. The summed E-state index contributed by atoms with van der Waals surface area (Å²) in [4.78, 5) is 31.1. The minimum Gasteiger partial charge on any atom is -0.497 e. The zero-order valence-corrected chi connectivity index (χ0v) is 14.7. The normalized spacial score (nSPS) is 11.6. The van der Waals surface area contributed by atoms with Crippen LogP contribution in [0.2, 0.25) is 5.02 Å². The highest BCUT2D eigenvalue weighted by Gasteiger charge is 2.20. The Bertz CT molecular complexity index is 956. The van der Waals surface area contributed by atoms with Gasteiger partial charge in [-0.15, -0.1) is 0 Å². The Morgan fingerprint density at radius 2 is 1.81 bits per heavy atom. The molecule has 3 rings (SSSR count). The van der Waals surface area contributed by atoms with E-state index >= 15 is 0 Å². The Morgan fingerprint density at radius 1 is 1.15 bits per heavy atom. The maximum atomic E-state index is 12.7. The second-order valence-corrected chi connectivity index (χ2v) is 5.96. The Hall–Kier alpha value is -3.12. The number of pyridine rings is 2. The fraction of sp³-hybridized carbons (Fsp3) is 0.105. The average Bonchev–Trinajstić information content (AvgIpc) is 2.68. The first-order valence-corrected chi connectivity index (χ1v) is 8.19. The summed E-state index contributed by atoms with van der Waals surface area (Å²) in [6.45, 7) is 0. The molecule has 0 aliphatic heterocycles. The van der Waals surface area contributed by atoms with Gasteiger partial charge in [0.15, 0.2) is 0 Å². The number of aromatic amines is 1. The fourth-order valence-corrected chi connectivity index (χ4v) is 2.71.